The Morgan fingerprint density at radius 3 is 2.63 bits per heavy atom. The molecule has 0 aromatic heterocycles. The van der Waals surface area contributed by atoms with Crippen molar-refractivity contribution in [1.82, 2.24) is 15.1 Å². The Balaban J connectivity index is 1.52. The molecule has 2 aromatic rings. The topological polar surface area (TPSA) is 48.1 Å². The minimum atomic E-state index is -0.0612. The molecule has 30 heavy (non-hydrogen) atoms. The number of nitrogens with one attached hydrogen (secondary N) is 1. The lowest BCUT2D eigenvalue weighted by molar-refractivity contribution is 0.0886. The number of amides is 1. The van der Waals surface area contributed by atoms with E-state index in [1.165, 1.54) is 16.8 Å². The number of nitrogens with zero attached hydrogens (tertiary/aromatic N) is 3. The Morgan fingerprint density at radius 1 is 1.07 bits per heavy atom. The van der Waals surface area contributed by atoms with Crippen LogP contribution >= 0.6 is 0 Å². The quantitative estimate of drug-likeness (QED) is 0.796. The van der Waals surface area contributed by atoms with Crippen molar-refractivity contribution in [2.75, 3.05) is 65.4 Å². The third kappa shape index (κ3) is 4.45. The van der Waals surface area contributed by atoms with Crippen LogP contribution in [0.25, 0.3) is 0 Å². The fraction of sp³-hybridized carbons (Fsp3) is 0.458. The van der Waals surface area contributed by atoms with Crippen molar-refractivity contribution >= 4 is 11.6 Å². The van der Waals surface area contributed by atoms with Gasteiger partial charge in [0.25, 0.3) is 5.91 Å². The zero-order valence-corrected chi connectivity index (χ0v) is 18.2. The maximum absolute atomic E-state index is 12.8. The number of benzene rings is 2. The maximum Gasteiger partial charge on any atom is 0.251 e. The monoisotopic (exact) mass is 408 g/mol. The fourth-order valence-electron chi connectivity index (χ4n) is 4.44. The molecule has 0 aliphatic carbocycles. The molecule has 1 unspecified atom stereocenters. The van der Waals surface area contributed by atoms with Gasteiger partial charge in [-0.15, -0.1) is 0 Å². The molecule has 1 N–H and O–H groups in total. The highest BCUT2D eigenvalue weighted by atomic mass is 16.5. The smallest absolute Gasteiger partial charge is 0.251 e. The summed E-state index contributed by atoms with van der Waals surface area (Å²) in [6, 6.07) is 14.3. The Bertz CT molecular complexity index is 893. The molecule has 0 saturated carbocycles. The van der Waals surface area contributed by atoms with Gasteiger partial charge in [0.05, 0.1) is 13.2 Å². The van der Waals surface area contributed by atoms with Gasteiger partial charge in [-0.2, -0.15) is 0 Å². The van der Waals surface area contributed by atoms with Gasteiger partial charge in [-0.1, -0.05) is 18.2 Å². The van der Waals surface area contributed by atoms with Crippen LogP contribution in [-0.2, 0) is 6.42 Å². The van der Waals surface area contributed by atoms with E-state index in [4.69, 9.17) is 4.74 Å². The number of anilines is 1. The first-order chi connectivity index (χ1) is 14.5. The van der Waals surface area contributed by atoms with E-state index in [1.807, 2.05) is 18.2 Å². The number of rotatable bonds is 6. The van der Waals surface area contributed by atoms with Crippen LogP contribution in [0.2, 0.25) is 0 Å². The van der Waals surface area contributed by atoms with Crippen molar-refractivity contribution in [2.24, 2.45) is 0 Å². The van der Waals surface area contributed by atoms with Crippen LogP contribution in [0.1, 0.15) is 27.5 Å². The largest absolute Gasteiger partial charge is 0.497 e. The molecule has 6 nitrogen and oxygen atoms in total. The number of carbonyl (C=O) groups is 1. The first kappa shape index (κ1) is 20.7. The zero-order valence-electron chi connectivity index (χ0n) is 18.2. The summed E-state index contributed by atoms with van der Waals surface area (Å²) in [6.45, 7) is 5.78. The second kappa shape index (κ2) is 9.06. The van der Waals surface area contributed by atoms with Gasteiger partial charge in [-0.25, -0.2) is 0 Å². The Labute approximate surface area is 179 Å². The molecular formula is C24H32N4O2. The third-order valence-electron chi connectivity index (χ3n) is 6.38. The van der Waals surface area contributed by atoms with Crippen LogP contribution in [0.15, 0.2) is 42.5 Å². The first-order valence-electron chi connectivity index (χ1n) is 10.7. The normalized spacial score (nSPS) is 18.2. The molecule has 0 bridgehead atoms. The summed E-state index contributed by atoms with van der Waals surface area (Å²) >= 11 is 0. The second-order valence-electron chi connectivity index (χ2n) is 8.36. The van der Waals surface area contributed by atoms with Crippen molar-refractivity contribution in [2.45, 2.75) is 12.5 Å². The molecular weight excluding hydrogens is 376 g/mol. The van der Waals surface area contributed by atoms with Crippen LogP contribution in [0.5, 0.6) is 5.75 Å². The number of hydrogen-bond donors (Lipinski definition) is 1. The summed E-state index contributed by atoms with van der Waals surface area (Å²) in [5.74, 6) is 0.634. The summed E-state index contributed by atoms with van der Waals surface area (Å²) in [4.78, 5) is 20.0. The molecule has 0 radical (unpaired) electrons. The minimum absolute atomic E-state index is 0.0612. The number of likely N-dealkylation sites (N-methyl/N-ethyl adjacent to an activating group) is 2. The van der Waals surface area contributed by atoms with Crippen molar-refractivity contribution in [3.8, 4) is 5.75 Å². The number of methoxy groups -OCH3 is 1. The van der Waals surface area contributed by atoms with Crippen LogP contribution in [0, 0.1) is 0 Å². The molecule has 6 heteroatoms. The summed E-state index contributed by atoms with van der Waals surface area (Å²) in [6.07, 6.45) is 1.09. The predicted molar refractivity (Wildman–Crippen MR) is 121 cm³/mol. The molecule has 4 rings (SSSR count). The summed E-state index contributed by atoms with van der Waals surface area (Å²) in [5.41, 5.74) is 4.66. The van der Waals surface area contributed by atoms with Crippen LogP contribution in [0.3, 0.4) is 0 Å². The molecule has 0 spiro atoms. The lowest BCUT2D eigenvalue weighted by Gasteiger charge is -2.38. The molecule has 2 heterocycles. The van der Waals surface area contributed by atoms with Crippen molar-refractivity contribution in [3.05, 3.63) is 59.2 Å². The molecule has 1 amide bonds. The van der Waals surface area contributed by atoms with Gasteiger partial charge < -0.3 is 19.9 Å². The van der Waals surface area contributed by atoms with Crippen LogP contribution in [0.4, 0.5) is 5.69 Å². The summed E-state index contributed by atoms with van der Waals surface area (Å²) in [7, 11) is 5.94. The Kier molecular flexibility index (Phi) is 6.25. The Morgan fingerprint density at radius 2 is 1.87 bits per heavy atom. The number of carbonyl (C=O) groups excluding carboxylic acids is 1. The van der Waals surface area contributed by atoms with Gasteiger partial charge in [0, 0.05) is 57.6 Å². The predicted octanol–water partition coefficient (Wildman–Crippen LogP) is 2.41. The molecule has 2 aliphatic heterocycles. The van der Waals surface area contributed by atoms with E-state index >= 15 is 0 Å². The van der Waals surface area contributed by atoms with Crippen molar-refractivity contribution < 1.29 is 9.53 Å². The molecule has 2 aliphatic rings. The first-order valence-corrected chi connectivity index (χ1v) is 10.7. The summed E-state index contributed by atoms with van der Waals surface area (Å²) in [5, 5.41) is 3.17. The van der Waals surface area contributed by atoms with E-state index in [9.17, 15) is 4.79 Å². The van der Waals surface area contributed by atoms with Gasteiger partial charge in [-0.05, 0) is 48.9 Å². The molecule has 1 atom stereocenters. The van der Waals surface area contributed by atoms with E-state index in [0.29, 0.717) is 17.9 Å². The molecule has 1 saturated heterocycles. The van der Waals surface area contributed by atoms with Crippen molar-refractivity contribution in [3.63, 3.8) is 0 Å². The number of hydrogen-bond acceptors (Lipinski definition) is 5. The zero-order chi connectivity index (χ0) is 21.1. The van der Waals surface area contributed by atoms with E-state index < -0.39 is 0 Å². The number of fused-ring (bicyclic) bond motifs is 1. The minimum Gasteiger partial charge on any atom is -0.497 e. The van der Waals surface area contributed by atoms with E-state index in [2.05, 4.69) is 52.3 Å². The fourth-order valence-corrected chi connectivity index (χ4v) is 4.44. The maximum atomic E-state index is 12.8. The third-order valence-corrected chi connectivity index (χ3v) is 6.38. The van der Waals surface area contributed by atoms with Gasteiger partial charge in [0.2, 0.25) is 0 Å². The van der Waals surface area contributed by atoms with Crippen LogP contribution in [-0.4, -0.2) is 76.2 Å². The second-order valence-corrected chi connectivity index (χ2v) is 8.36. The van der Waals surface area contributed by atoms with Gasteiger partial charge in [0.1, 0.15) is 5.75 Å². The molecule has 1 fully saturated rings. The van der Waals surface area contributed by atoms with E-state index in [0.717, 1.165) is 39.1 Å². The molecule has 160 valence electrons. The highest BCUT2D eigenvalue weighted by molar-refractivity contribution is 5.94. The van der Waals surface area contributed by atoms with Gasteiger partial charge in [0.15, 0.2) is 0 Å². The van der Waals surface area contributed by atoms with E-state index in [1.54, 1.807) is 13.2 Å². The van der Waals surface area contributed by atoms with Crippen molar-refractivity contribution in [1.29, 1.82) is 0 Å². The Hall–Kier alpha value is -2.57. The average molecular weight is 409 g/mol. The van der Waals surface area contributed by atoms with Gasteiger partial charge in [-0.3, -0.25) is 9.69 Å². The SMILES string of the molecule is COc1cccc(C(=O)NCC(c2ccc3c(c2)CCN3C)N2CCN(C)CC2)c1. The summed E-state index contributed by atoms with van der Waals surface area (Å²) < 4.78 is 5.26. The van der Waals surface area contributed by atoms with E-state index in [-0.39, 0.29) is 11.9 Å². The lowest BCUT2D eigenvalue weighted by Crippen LogP contribution is -2.48. The number of piperazine rings is 1. The highest BCUT2D eigenvalue weighted by Gasteiger charge is 2.26. The van der Waals surface area contributed by atoms with Gasteiger partial charge >= 0.3 is 0 Å². The van der Waals surface area contributed by atoms with Crippen LogP contribution < -0.4 is 15.0 Å². The standard InChI is InChI=1S/C24H32N4O2/c1-26-11-13-28(14-12-26)23(18-7-8-22-19(15-18)9-10-27(22)2)17-25-24(29)20-5-4-6-21(16-20)30-3/h4-8,15-16,23H,9-14,17H2,1-3H3,(H,25,29). The molecule has 2 aromatic carbocycles. The number of ether oxygens (including phenoxy) is 1. The highest BCUT2D eigenvalue weighted by Crippen LogP contribution is 2.31. The average Bonchev–Trinajstić information content (AvgIpc) is 3.15. The lowest BCUT2D eigenvalue weighted by atomic mass is 10.00.